The van der Waals surface area contributed by atoms with Gasteiger partial charge in [-0.1, -0.05) is 11.6 Å². The van der Waals surface area contributed by atoms with E-state index >= 15 is 0 Å². The van der Waals surface area contributed by atoms with Crippen LogP contribution in [0.4, 0.5) is 5.69 Å². The number of nitro groups is 1. The molecule has 0 atom stereocenters. The molecule has 0 aliphatic rings. The van der Waals surface area contributed by atoms with E-state index in [4.69, 9.17) is 21.8 Å². The van der Waals surface area contributed by atoms with Gasteiger partial charge in [0.25, 0.3) is 0 Å². The molecule has 1 aromatic carbocycles. The van der Waals surface area contributed by atoms with Gasteiger partial charge in [-0.15, -0.1) is 0 Å². The number of hydrogen-bond acceptors (Lipinski definition) is 5. The second kappa shape index (κ2) is 3.48. The highest BCUT2D eigenvalue weighted by Gasteiger charge is 2.18. The van der Waals surface area contributed by atoms with Crippen molar-refractivity contribution < 1.29 is 9.34 Å². The number of aromatic nitrogens is 1. The van der Waals surface area contributed by atoms with Gasteiger partial charge in [-0.2, -0.15) is 0 Å². The van der Waals surface area contributed by atoms with Crippen molar-refractivity contribution in [1.82, 2.24) is 4.98 Å². The molecule has 0 saturated carbocycles. The number of rotatable bonds is 2. The number of fused-ring (bicyclic) bond motifs is 1. The summed E-state index contributed by atoms with van der Waals surface area (Å²) in [4.78, 5) is 14.1. The monoisotopic (exact) mass is 227 g/mol. The summed E-state index contributed by atoms with van der Waals surface area (Å²) >= 11 is 5.70. The summed E-state index contributed by atoms with van der Waals surface area (Å²) in [5.41, 5.74) is 5.56. The molecule has 6 nitrogen and oxygen atoms in total. The van der Waals surface area contributed by atoms with Gasteiger partial charge in [0.15, 0.2) is 0 Å². The fourth-order valence-corrected chi connectivity index (χ4v) is 1.46. The SMILES string of the molecule is NCc1nc2cc(Cl)cc([N+](=O)[O-])c2o1. The van der Waals surface area contributed by atoms with Crippen molar-refractivity contribution in [3.63, 3.8) is 0 Å². The lowest BCUT2D eigenvalue weighted by Gasteiger charge is -1.92. The van der Waals surface area contributed by atoms with Crippen molar-refractivity contribution in [2.45, 2.75) is 6.54 Å². The highest BCUT2D eigenvalue weighted by atomic mass is 35.5. The highest BCUT2D eigenvalue weighted by molar-refractivity contribution is 6.31. The van der Waals surface area contributed by atoms with Crippen LogP contribution in [-0.4, -0.2) is 9.91 Å². The quantitative estimate of drug-likeness (QED) is 0.624. The van der Waals surface area contributed by atoms with Crippen molar-refractivity contribution in [2.75, 3.05) is 0 Å². The van der Waals surface area contributed by atoms with Crippen molar-refractivity contribution >= 4 is 28.4 Å². The zero-order chi connectivity index (χ0) is 11.0. The molecule has 0 amide bonds. The minimum absolute atomic E-state index is 0.0868. The maximum atomic E-state index is 10.7. The van der Waals surface area contributed by atoms with Crippen molar-refractivity contribution in [3.05, 3.63) is 33.2 Å². The molecule has 0 aliphatic carbocycles. The van der Waals surface area contributed by atoms with E-state index in [1.54, 1.807) is 0 Å². The molecule has 2 aromatic rings. The predicted octanol–water partition coefficient (Wildman–Crippen LogP) is 1.85. The van der Waals surface area contributed by atoms with Crippen LogP contribution in [0.25, 0.3) is 11.1 Å². The minimum Gasteiger partial charge on any atom is -0.432 e. The lowest BCUT2D eigenvalue weighted by Crippen LogP contribution is -1.94. The first kappa shape index (κ1) is 9.88. The van der Waals surface area contributed by atoms with Crippen LogP contribution in [0.3, 0.4) is 0 Å². The molecule has 2 rings (SSSR count). The van der Waals surface area contributed by atoms with Crippen LogP contribution in [0.15, 0.2) is 16.5 Å². The zero-order valence-electron chi connectivity index (χ0n) is 7.44. The maximum absolute atomic E-state index is 10.7. The smallest absolute Gasteiger partial charge is 0.315 e. The van der Waals surface area contributed by atoms with Gasteiger partial charge < -0.3 is 10.2 Å². The summed E-state index contributed by atoms with van der Waals surface area (Å²) in [5.74, 6) is 0.246. The van der Waals surface area contributed by atoms with E-state index < -0.39 is 4.92 Å². The van der Waals surface area contributed by atoms with E-state index in [0.29, 0.717) is 5.52 Å². The molecule has 78 valence electrons. The molecule has 7 heteroatoms. The number of non-ortho nitro benzene ring substituents is 1. The highest BCUT2D eigenvalue weighted by Crippen LogP contribution is 2.29. The third-order valence-corrected chi connectivity index (χ3v) is 2.07. The van der Waals surface area contributed by atoms with Crippen LogP contribution < -0.4 is 5.73 Å². The number of nitrogens with zero attached hydrogens (tertiary/aromatic N) is 2. The molecule has 0 spiro atoms. The van der Waals surface area contributed by atoms with Gasteiger partial charge in [-0.05, 0) is 6.07 Å². The van der Waals surface area contributed by atoms with Crippen LogP contribution in [0, 0.1) is 10.1 Å². The number of hydrogen-bond donors (Lipinski definition) is 1. The average Bonchev–Trinajstić information content (AvgIpc) is 2.58. The second-order valence-corrected chi connectivity index (χ2v) is 3.28. The molecule has 2 N–H and O–H groups in total. The fourth-order valence-electron chi connectivity index (χ4n) is 1.25. The largest absolute Gasteiger partial charge is 0.432 e. The van der Waals surface area contributed by atoms with Gasteiger partial charge in [-0.25, -0.2) is 4.98 Å². The standard InChI is InChI=1S/C8H6ClN3O3/c9-4-1-5-8(6(2-4)12(13)14)15-7(3-10)11-5/h1-2H,3,10H2. The summed E-state index contributed by atoms with van der Waals surface area (Å²) in [6.07, 6.45) is 0. The third kappa shape index (κ3) is 1.64. The number of benzene rings is 1. The first-order chi connectivity index (χ1) is 7.11. The van der Waals surface area contributed by atoms with E-state index in [-0.39, 0.29) is 28.7 Å². The van der Waals surface area contributed by atoms with Crippen molar-refractivity contribution in [3.8, 4) is 0 Å². The van der Waals surface area contributed by atoms with Gasteiger partial charge in [0.1, 0.15) is 5.52 Å². The molecule has 15 heavy (non-hydrogen) atoms. The molecule has 1 aromatic heterocycles. The molecule has 0 unspecified atom stereocenters. The van der Waals surface area contributed by atoms with E-state index in [9.17, 15) is 10.1 Å². The number of nitro benzene ring substituents is 1. The van der Waals surface area contributed by atoms with Gasteiger partial charge in [0.2, 0.25) is 11.5 Å². The Kier molecular flexibility index (Phi) is 2.29. The Morgan fingerprint density at radius 2 is 2.33 bits per heavy atom. The molecule has 0 bridgehead atoms. The zero-order valence-corrected chi connectivity index (χ0v) is 8.19. The third-order valence-electron chi connectivity index (χ3n) is 1.85. The summed E-state index contributed by atoms with van der Waals surface area (Å²) in [7, 11) is 0. The van der Waals surface area contributed by atoms with Crippen LogP contribution in [0.1, 0.15) is 5.89 Å². The van der Waals surface area contributed by atoms with Gasteiger partial charge in [-0.3, -0.25) is 10.1 Å². The summed E-state index contributed by atoms with van der Waals surface area (Å²) < 4.78 is 5.13. The lowest BCUT2D eigenvalue weighted by atomic mass is 10.3. The van der Waals surface area contributed by atoms with Gasteiger partial charge >= 0.3 is 5.69 Å². The predicted molar refractivity (Wildman–Crippen MR) is 53.6 cm³/mol. The Hall–Kier alpha value is -1.66. The second-order valence-electron chi connectivity index (χ2n) is 2.84. The van der Waals surface area contributed by atoms with Gasteiger partial charge in [0.05, 0.1) is 11.5 Å². The normalized spacial score (nSPS) is 10.8. The van der Waals surface area contributed by atoms with Crippen LogP contribution in [-0.2, 0) is 6.54 Å². The minimum atomic E-state index is -0.570. The van der Waals surface area contributed by atoms with Crippen LogP contribution in [0.2, 0.25) is 5.02 Å². The first-order valence-electron chi connectivity index (χ1n) is 4.05. The van der Waals surface area contributed by atoms with Crippen molar-refractivity contribution in [1.29, 1.82) is 0 Å². The Balaban J connectivity index is 2.77. The molecular weight excluding hydrogens is 222 g/mol. The topological polar surface area (TPSA) is 95.2 Å². The van der Waals surface area contributed by atoms with E-state index in [1.807, 2.05) is 0 Å². The van der Waals surface area contributed by atoms with Crippen LogP contribution in [0.5, 0.6) is 0 Å². The van der Waals surface area contributed by atoms with Crippen molar-refractivity contribution in [2.24, 2.45) is 5.73 Å². The summed E-state index contributed by atoms with van der Waals surface area (Å²) in [6, 6.07) is 2.71. The Labute approximate surface area is 88.8 Å². The average molecular weight is 228 g/mol. The Morgan fingerprint density at radius 1 is 1.60 bits per heavy atom. The molecule has 0 aliphatic heterocycles. The van der Waals surface area contributed by atoms with E-state index in [2.05, 4.69) is 4.98 Å². The molecule has 0 fully saturated rings. The maximum Gasteiger partial charge on any atom is 0.315 e. The van der Waals surface area contributed by atoms with E-state index in [0.717, 1.165) is 0 Å². The Bertz CT molecular complexity index is 537. The fraction of sp³-hybridized carbons (Fsp3) is 0.125. The molecular formula is C8H6ClN3O3. The summed E-state index contributed by atoms with van der Waals surface area (Å²) in [5, 5.41) is 10.9. The summed E-state index contributed by atoms with van der Waals surface area (Å²) in [6.45, 7) is 0.0868. The van der Waals surface area contributed by atoms with Crippen LogP contribution >= 0.6 is 11.6 Å². The number of nitrogens with two attached hydrogens (primary N) is 1. The van der Waals surface area contributed by atoms with Gasteiger partial charge in [0, 0.05) is 11.1 Å². The Morgan fingerprint density at radius 3 is 2.93 bits per heavy atom. The first-order valence-corrected chi connectivity index (χ1v) is 4.43. The molecule has 1 heterocycles. The lowest BCUT2D eigenvalue weighted by molar-refractivity contribution is -0.383. The number of oxazole rings is 1. The van der Waals surface area contributed by atoms with E-state index in [1.165, 1.54) is 12.1 Å². The molecule has 0 radical (unpaired) electrons. The molecule has 0 saturated heterocycles. The number of halogens is 1.